The normalized spacial score (nSPS) is 15.0. The molecule has 0 amide bonds. The predicted molar refractivity (Wildman–Crippen MR) is 642 cm³/mol. The van der Waals surface area contributed by atoms with Crippen molar-refractivity contribution in [3.05, 3.63) is 216 Å². The van der Waals surface area contributed by atoms with Crippen LogP contribution in [0.15, 0.2) is 194 Å². The molecule has 0 saturated carbocycles. The minimum absolute atomic E-state index is 0.120. The van der Waals surface area contributed by atoms with E-state index in [2.05, 4.69) is 440 Å². The Morgan fingerprint density at radius 3 is 0.931 bits per heavy atom. The highest BCUT2D eigenvalue weighted by Crippen LogP contribution is 3.46. The van der Waals surface area contributed by atoms with Crippen LogP contribution in [-0.4, -0.2) is 6.71 Å². The molecule has 0 spiro atoms. The second kappa shape index (κ2) is 49.1. The first-order valence-electron chi connectivity index (χ1n) is 28.9. The van der Waals surface area contributed by atoms with Crippen molar-refractivity contribution in [3.8, 4) is 11.1 Å². The first-order chi connectivity index (χ1) is 47.9. The third-order valence-corrected chi connectivity index (χ3v) is 375. The molecule has 542 valence electrons. The summed E-state index contributed by atoms with van der Waals surface area (Å²) in [6.07, 6.45) is 0. The van der Waals surface area contributed by atoms with E-state index in [1.807, 2.05) is 0 Å². The Morgan fingerprint density at radius 1 is 0.248 bits per heavy atom. The molecule has 0 aromatic heterocycles. The zero-order chi connectivity index (χ0) is 73.8. The van der Waals surface area contributed by atoms with Gasteiger partial charge in [-0.25, -0.2) is 0 Å². The van der Waals surface area contributed by atoms with Gasteiger partial charge in [-0.2, -0.15) is 0 Å². The molecule has 30 unspecified atom stereocenters. The summed E-state index contributed by atoms with van der Waals surface area (Å²) in [6.45, 7) is -4.28. The molecule has 0 aliphatic carbocycles. The summed E-state index contributed by atoms with van der Waals surface area (Å²) in [5.41, 5.74) is 14.9. The van der Waals surface area contributed by atoms with Gasteiger partial charge in [0.15, 0.2) is 0 Å². The molecule has 0 fully saturated rings. The van der Waals surface area contributed by atoms with E-state index in [0.717, 1.165) is 5.69 Å². The summed E-state index contributed by atoms with van der Waals surface area (Å²) >= 11 is 0. The summed E-state index contributed by atoms with van der Waals surface area (Å²) in [6, 6.07) is 71.7. The second-order valence-corrected chi connectivity index (χ2v) is 235. The van der Waals surface area contributed by atoms with E-state index in [4.69, 9.17) is 0 Å². The van der Waals surface area contributed by atoms with Crippen molar-refractivity contribution in [3.63, 3.8) is 0 Å². The zero-order valence-electron chi connectivity index (χ0n) is 53.8. The van der Waals surface area contributed by atoms with Crippen LogP contribution in [0.4, 0.5) is 17.1 Å². The fourth-order valence-corrected chi connectivity index (χ4v) is 740. The van der Waals surface area contributed by atoms with Gasteiger partial charge in [0.2, 0.25) is 6.71 Å². The highest BCUT2D eigenvalue weighted by atomic mass is 33.6. The van der Waals surface area contributed by atoms with Crippen LogP contribution in [0.3, 0.4) is 0 Å². The van der Waals surface area contributed by atoms with Crippen molar-refractivity contribution in [2.24, 2.45) is 0 Å². The smallest absolute Gasteiger partial charge is 0.242 e. The van der Waals surface area contributed by atoms with E-state index < -0.39 is 5.41 Å². The average molecular weight is 2290 g/mol. The predicted octanol–water partition coefficient (Wildman–Crippen LogP) is 39.8. The summed E-state index contributed by atoms with van der Waals surface area (Å²) < 4.78 is 0. The third kappa shape index (κ3) is 25.0. The molecule has 1 nitrogen and oxygen atoms in total. The van der Waals surface area contributed by atoms with E-state index in [1.54, 1.807) is 0 Å². The van der Waals surface area contributed by atoms with E-state index in [0.29, 0.717) is 0 Å². The fourth-order valence-electron chi connectivity index (χ4n) is 11.8. The van der Waals surface area contributed by atoms with Crippen molar-refractivity contribution < 1.29 is 0 Å². The molecule has 2 aliphatic rings. The van der Waals surface area contributed by atoms with E-state index >= 15 is 0 Å². The highest BCUT2D eigenvalue weighted by Gasteiger charge is 2.59. The summed E-state index contributed by atoms with van der Waals surface area (Å²) in [5, 5.41) is 2.58. The minimum atomic E-state index is -0.466. The monoisotopic (exact) mass is 2290 g/mol. The standard InChI is InChI=1S/C47H32BN.H54P52/c1-3-17-35(18-4-1)47(36-19-5-2-6-20-36)41-22-10-13-25-45(41)49(46-26-14-11-23-42(46)47)38-29-27-37(28-30-38)48-43-24-12-9-21-39(43)40-31-33-15-7-8-16-34(33)32-44(40)48;1-28(2)41(27)48(42(29(3)4)30(5)6)51(47(39(23)24)40(25)26)52(49(43(31(7)8)32(9)10)44(33(11)12)34(13)14)50(45(35(15)16)36(17)18)46(37(19)20)38(21)22/h1-32H;1-27H2. The first-order valence-corrected chi connectivity index (χ1v) is 123. The maximum atomic E-state index is 3.69. The Bertz CT molecular complexity index is 3730. The lowest BCUT2D eigenvalue weighted by Crippen LogP contribution is -2.48. The quantitative estimate of drug-likeness (QED) is 0.0349. The van der Waals surface area contributed by atoms with Gasteiger partial charge in [0.1, 0.15) is 0 Å². The van der Waals surface area contributed by atoms with Gasteiger partial charge in [-0.05, 0) is 249 Å². The molecule has 0 radical (unpaired) electrons. The Balaban J connectivity index is 0.000000235. The van der Waals surface area contributed by atoms with Crippen molar-refractivity contribution >= 4 is 467 Å². The van der Waals surface area contributed by atoms with Gasteiger partial charge in [-0.3, -0.25) is 0 Å². The highest BCUT2D eigenvalue weighted by molar-refractivity contribution is 9.52. The molecule has 10 rings (SSSR count). The number of benzene rings is 8. The van der Waals surface area contributed by atoms with Gasteiger partial charge in [0.25, 0.3) is 0 Å². The lowest BCUT2D eigenvalue weighted by molar-refractivity contribution is 0.731. The SMILES string of the molecule is PP(P)P(P)P(P(P(P)P)P(P)P)P(P(P(P)P)P(P)P)P(P(P(P(P)P)P(P)P)P(P(P)P)P(P)P)P(P(P(P)P)P(P)P)P(P(P)P)P(P)P.c1ccc(C2(c3ccccc3)c3ccccc3N(c3ccc(B4c5ccccc5-c5cc6ccccc6cc54)cc3)c3ccccc32)cc1. The Labute approximate surface area is 695 Å². The van der Waals surface area contributed by atoms with Crippen LogP contribution < -0.4 is 21.3 Å². The molecule has 54 heteroatoms. The molecule has 0 saturated heterocycles. The molecule has 30 atom stereocenters. The van der Waals surface area contributed by atoms with Gasteiger partial charge in [0, 0.05) is 5.69 Å². The molecule has 8 aromatic rings. The van der Waals surface area contributed by atoms with Crippen LogP contribution >= 0.6 is 416 Å². The molecule has 2 aliphatic heterocycles. The number of hydrogen-bond acceptors (Lipinski definition) is 1. The van der Waals surface area contributed by atoms with Gasteiger partial charge in [-0.1, -0.05) is 180 Å². The van der Waals surface area contributed by atoms with E-state index in [-0.39, 0.29) is 181 Å². The van der Waals surface area contributed by atoms with Gasteiger partial charge >= 0.3 is 0 Å². The summed E-state index contributed by atoms with van der Waals surface area (Å²) in [4.78, 5) is 2.46. The third-order valence-electron chi connectivity index (χ3n) is 15.3. The first kappa shape index (κ1) is 101. The second-order valence-electron chi connectivity index (χ2n) is 21.5. The van der Waals surface area contributed by atoms with Crippen LogP contribution in [0, 0.1) is 0 Å². The lowest BCUT2D eigenvalue weighted by atomic mass is 9.39. The number of anilines is 3. The maximum absolute atomic E-state index is 3.69. The lowest BCUT2D eigenvalue weighted by Gasteiger charge is -2.58. The Hall–Kier alpha value is 16.2. The number of fused-ring (bicyclic) bond motifs is 6. The van der Waals surface area contributed by atoms with Crippen molar-refractivity contribution in [1.29, 1.82) is 0 Å². The number of hydrogen-bond donors (Lipinski definition) is 0. The van der Waals surface area contributed by atoms with Crippen LogP contribution in [0.25, 0.3) is 21.9 Å². The Kier molecular flexibility index (Phi) is 49.1. The van der Waals surface area contributed by atoms with Gasteiger partial charge in [0.05, 0.1) is 16.8 Å². The van der Waals surface area contributed by atoms with Crippen LogP contribution in [0.2, 0.25) is 0 Å². The fraction of sp³-hybridized carbons (Fsp3) is 0.0213. The largest absolute Gasteiger partial charge is 0.310 e. The number of rotatable bonds is 28. The molecular formula is C47H86BNP52. The molecule has 8 aromatic carbocycles. The van der Waals surface area contributed by atoms with E-state index in [1.165, 1.54) is 71.9 Å². The maximum Gasteiger partial charge on any atom is 0.242 e. The minimum Gasteiger partial charge on any atom is -0.310 e. The summed E-state index contributed by atoms with van der Waals surface area (Å²) in [7, 11) is 94.3. The van der Waals surface area contributed by atoms with Crippen molar-refractivity contribution in [2.75, 3.05) is 4.90 Å². The van der Waals surface area contributed by atoms with Gasteiger partial charge < -0.3 is 4.90 Å². The van der Waals surface area contributed by atoms with Crippen molar-refractivity contribution in [1.82, 2.24) is 0 Å². The topological polar surface area (TPSA) is 3.24 Å². The van der Waals surface area contributed by atoms with Crippen LogP contribution in [-0.2, 0) is 5.41 Å². The molecule has 0 bridgehead atoms. The zero-order valence-corrected chi connectivity index (χ0v) is 107. The summed E-state index contributed by atoms with van der Waals surface area (Å²) in [5.74, 6) is 0. The molecule has 101 heavy (non-hydrogen) atoms. The number of nitrogens with zero attached hydrogens (tertiary/aromatic N) is 1. The molecule has 0 N–H and O–H groups in total. The molecule has 2 heterocycles. The number of para-hydroxylation sites is 2. The van der Waals surface area contributed by atoms with Crippen LogP contribution in [0.1, 0.15) is 22.3 Å². The van der Waals surface area contributed by atoms with Crippen molar-refractivity contribution in [2.45, 2.75) is 5.41 Å². The Morgan fingerprint density at radius 2 is 0.554 bits per heavy atom. The average Bonchev–Trinajstić information content (AvgIpc) is 1.32. The van der Waals surface area contributed by atoms with Gasteiger partial charge in [-0.15, -0.1) is 241 Å². The van der Waals surface area contributed by atoms with Crippen LogP contribution in [0.5, 0.6) is 0 Å². The molecular weight excluding hydrogens is 2200 g/mol. The van der Waals surface area contributed by atoms with E-state index in [9.17, 15) is 0 Å².